The Morgan fingerprint density at radius 3 is 2.17 bits per heavy atom. The molecule has 1 aromatic heterocycles. The van der Waals surface area contributed by atoms with E-state index in [4.69, 9.17) is 4.98 Å². The summed E-state index contributed by atoms with van der Waals surface area (Å²) in [6, 6.07) is 8.99. The van der Waals surface area contributed by atoms with Crippen molar-refractivity contribution in [1.82, 2.24) is 9.97 Å². The van der Waals surface area contributed by atoms with Crippen molar-refractivity contribution in [2.24, 2.45) is 0 Å². The van der Waals surface area contributed by atoms with E-state index in [9.17, 15) is 0 Å². The standard InChI is InChI=1S/C16H11Br4N3/c17-10-11(18)13(20)15-14(12(10)19)22-16(23-15)21-9-5-7-3-1-2-4-8(7)6-9/h1-4,9H,5-6H2,(H2,21,22,23). The molecule has 0 bridgehead atoms. The van der Waals surface area contributed by atoms with Gasteiger partial charge in [0.1, 0.15) is 5.52 Å². The van der Waals surface area contributed by atoms with Crippen LogP contribution in [-0.2, 0) is 12.8 Å². The fourth-order valence-electron chi connectivity index (χ4n) is 3.02. The van der Waals surface area contributed by atoms with Crippen LogP contribution < -0.4 is 5.32 Å². The van der Waals surface area contributed by atoms with Crippen LogP contribution in [-0.4, -0.2) is 16.0 Å². The minimum absolute atomic E-state index is 0.373. The maximum atomic E-state index is 4.71. The Balaban J connectivity index is 1.67. The molecular formula is C16H11Br4N3. The fourth-order valence-corrected chi connectivity index (χ4v) is 5.30. The number of H-pyrrole nitrogens is 1. The predicted molar refractivity (Wildman–Crippen MR) is 108 cm³/mol. The minimum atomic E-state index is 0.373. The number of fused-ring (bicyclic) bond motifs is 2. The Labute approximate surface area is 167 Å². The third-order valence-electron chi connectivity index (χ3n) is 4.10. The van der Waals surface area contributed by atoms with Gasteiger partial charge >= 0.3 is 0 Å². The lowest BCUT2D eigenvalue weighted by Crippen LogP contribution is -2.20. The molecule has 0 fully saturated rings. The van der Waals surface area contributed by atoms with E-state index in [-0.39, 0.29) is 0 Å². The van der Waals surface area contributed by atoms with Gasteiger partial charge in [0.25, 0.3) is 0 Å². The monoisotopic (exact) mass is 561 g/mol. The van der Waals surface area contributed by atoms with Crippen LogP contribution in [0.25, 0.3) is 11.0 Å². The second-order valence-corrected chi connectivity index (χ2v) is 8.76. The van der Waals surface area contributed by atoms with Crippen molar-refractivity contribution in [2.75, 3.05) is 5.32 Å². The van der Waals surface area contributed by atoms with E-state index in [1.54, 1.807) is 0 Å². The summed E-state index contributed by atoms with van der Waals surface area (Å²) in [7, 11) is 0. The van der Waals surface area contributed by atoms with Gasteiger partial charge in [0.2, 0.25) is 5.95 Å². The van der Waals surface area contributed by atoms with Crippen molar-refractivity contribution in [3.8, 4) is 0 Å². The van der Waals surface area contributed by atoms with Crippen LogP contribution in [0.15, 0.2) is 42.2 Å². The molecule has 118 valence electrons. The van der Waals surface area contributed by atoms with Gasteiger partial charge in [0, 0.05) is 15.0 Å². The highest BCUT2D eigenvalue weighted by Gasteiger charge is 2.23. The summed E-state index contributed by atoms with van der Waals surface area (Å²) >= 11 is 14.4. The van der Waals surface area contributed by atoms with Crippen LogP contribution in [0.1, 0.15) is 11.1 Å². The zero-order valence-electron chi connectivity index (χ0n) is 11.8. The maximum absolute atomic E-state index is 4.71. The number of benzene rings is 2. The third-order valence-corrected chi connectivity index (χ3v) is 8.85. The molecule has 7 heteroatoms. The number of halogens is 4. The normalized spacial score (nSPS) is 14.4. The lowest BCUT2D eigenvalue weighted by atomic mass is 10.1. The number of nitrogens with one attached hydrogen (secondary N) is 2. The number of nitrogens with zero attached hydrogens (tertiary/aromatic N) is 1. The average molecular weight is 565 g/mol. The smallest absolute Gasteiger partial charge is 0.201 e. The van der Waals surface area contributed by atoms with Crippen molar-refractivity contribution >= 4 is 80.7 Å². The number of anilines is 1. The van der Waals surface area contributed by atoms with E-state index >= 15 is 0 Å². The lowest BCUT2D eigenvalue weighted by Gasteiger charge is -2.10. The summed E-state index contributed by atoms with van der Waals surface area (Å²) in [5.74, 6) is 0.796. The molecule has 2 N–H and O–H groups in total. The molecule has 1 aliphatic rings. The summed E-state index contributed by atoms with van der Waals surface area (Å²) in [6.07, 6.45) is 2.06. The highest BCUT2D eigenvalue weighted by atomic mass is 79.9. The molecule has 0 amide bonds. The van der Waals surface area contributed by atoms with Crippen molar-refractivity contribution < 1.29 is 0 Å². The molecule has 0 spiro atoms. The number of rotatable bonds is 2. The SMILES string of the molecule is Brc1c(Br)c(Br)c2[nH]c(NC3Cc4ccccc4C3)nc2c1Br. The molecule has 2 aromatic carbocycles. The first-order valence-electron chi connectivity index (χ1n) is 7.09. The number of aromatic amines is 1. The Hall–Kier alpha value is -0.370. The molecule has 1 aliphatic carbocycles. The Morgan fingerprint density at radius 1 is 0.913 bits per heavy atom. The van der Waals surface area contributed by atoms with Crippen LogP contribution in [0.5, 0.6) is 0 Å². The van der Waals surface area contributed by atoms with E-state index in [0.717, 1.165) is 47.7 Å². The summed E-state index contributed by atoms with van der Waals surface area (Å²) in [5.41, 5.74) is 4.71. The molecule has 3 nitrogen and oxygen atoms in total. The van der Waals surface area contributed by atoms with Crippen LogP contribution in [0.3, 0.4) is 0 Å². The minimum Gasteiger partial charge on any atom is -0.352 e. The number of aromatic nitrogens is 2. The predicted octanol–water partition coefficient (Wildman–Crippen LogP) is 6.19. The van der Waals surface area contributed by atoms with Crippen molar-refractivity contribution in [3.63, 3.8) is 0 Å². The first-order valence-corrected chi connectivity index (χ1v) is 10.3. The molecule has 0 saturated heterocycles. The second kappa shape index (κ2) is 6.17. The third kappa shape index (κ3) is 2.79. The molecule has 0 aliphatic heterocycles. The Morgan fingerprint density at radius 2 is 1.52 bits per heavy atom. The molecule has 4 rings (SSSR count). The van der Waals surface area contributed by atoms with Crippen LogP contribution in [0.2, 0.25) is 0 Å². The molecule has 1 heterocycles. The Bertz CT molecular complexity index is 849. The van der Waals surface area contributed by atoms with Crippen molar-refractivity contribution in [2.45, 2.75) is 18.9 Å². The van der Waals surface area contributed by atoms with Gasteiger partial charge in [-0.1, -0.05) is 24.3 Å². The lowest BCUT2D eigenvalue weighted by molar-refractivity contribution is 0.765. The highest BCUT2D eigenvalue weighted by molar-refractivity contribution is 9.15. The summed E-state index contributed by atoms with van der Waals surface area (Å²) < 4.78 is 3.79. The van der Waals surface area contributed by atoms with Gasteiger partial charge in [0.05, 0.1) is 14.5 Å². The Kier molecular flexibility index (Phi) is 4.32. The quantitative estimate of drug-likeness (QED) is 0.288. The van der Waals surface area contributed by atoms with E-state index in [1.807, 2.05) is 0 Å². The first kappa shape index (κ1) is 16.1. The topological polar surface area (TPSA) is 40.7 Å². The van der Waals surface area contributed by atoms with Gasteiger partial charge in [-0.25, -0.2) is 4.98 Å². The van der Waals surface area contributed by atoms with Gasteiger partial charge in [-0.05, 0) is 87.7 Å². The average Bonchev–Trinajstić information content (AvgIpc) is 3.14. The van der Waals surface area contributed by atoms with Crippen LogP contribution in [0, 0.1) is 0 Å². The van der Waals surface area contributed by atoms with Crippen molar-refractivity contribution in [1.29, 1.82) is 0 Å². The first-order chi connectivity index (χ1) is 11.0. The molecule has 0 unspecified atom stereocenters. The van der Waals surface area contributed by atoms with Gasteiger partial charge in [0.15, 0.2) is 0 Å². The highest BCUT2D eigenvalue weighted by Crippen LogP contribution is 2.43. The number of hydrogen-bond donors (Lipinski definition) is 2. The number of hydrogen-bond acceptors (Lipinski definition) is 2. The maximum Gasteiger partial charge on any atom is 0.201 e. The zero-order chi connectivity index (χ0) is 16.1. The zero-order valence-corrected chi connectivity index (χ0v) is 18.1. The molecular weight excluding hydrogens is 554 g/mol. The van der Waals surface area contributed by atoms with Gasteiger partial charge in [-0.2, -0.15) is 0 Å². The molecule has 3 aromatic rings. The van der Waals surface area contributed by atoms with E-state index in [2.05, 4.69) is 98.3 Å². The summed E-state index contributed by atoms with van der Waals surface area (Å²) in [5, 5.41) is 3.53. The second-order valence-electron chi connectivity index (χ2n) is 5.58. The summed E-state index contributed by atoms with van der Waals surface area (Å²) in [6.45, 7) is 0. The van der Waals surface area contributed by atoms with E-state index in [0.29, 0.717) is 6.04 Å². The van der Waals surface area contributed by atoms with Gasteiger partial charge in [-0.15, -0.1) is 0 Å². The van der Waals surface area contributed by atoms with Crippen LogP contribution >= 0.6 is 63.7 Å². The van der Waals surface area contributed by atoms with E-state index < -0.39 is 0 Å². The van der Waals surface area contributed by atoms with Gasteiger partial charge < -0.3 is 10.3 Å². The van der Waals surface area contributed by atoms with Crippen molar-refractivity contribution in [3.05, 3.63) is 53.3 Å². The molecule has 0 radical (unpaired) electrons. The molecule has 23 heavy (non-hydrogen) atoms. The molecule has 0 saturated carbocycles. The molecule has 0 atom stereocenters. The largest absolute Gasteiger partial charge is 0.352 e. The van der Waals surface area contributed by atoms with Gasteiger partial charge in [-0.3, -0.25) is 0 Å². The van der Waals surface area contributed by atoms with E-state index in [1.165, 1.54) is 11.1 Å². The summed E-state index contributed by atoms with van der Waals surface area (Å²) in [4.78, 5) is 8.08. The van der Waals surface area contributed by atoms with Crippen LogP contribution in [0.4, 0.5) is 5.95 Å². The fraction of sp³-hybridized carbons (Fsp3) is 0.188. The number of imidazole rings is 1.